The van der Waals surface area contributed by atoms with Crippen molar-refractivity contribution in [3.8, 4) is 5.75 Å². The predicted molar refractivity (Wildman–Crippen MR) is 99.5 cm³/mol. The molecule has 9 heteroatoms. The fourth-order valence-electron chi connectivity index (χ4n) is 3.00. The number of rotatable bonds is 6. The van der Waals surface area contributed by atoms with Crippen LogP contribution in [0.25, 0.3) is 0 Å². The van der Waals surface area contributed by atoms with Gasteiger partial charge in [0.2, 0.25) is 0 Å². The first kappa shape index (κ1) is 22.1. The molecule has 1 aliphatic rings. The third kappa shape index (κ3) is 5.55. The highest BCUT2D eigenvalue weighted by Crippen LogP contribution is 2.31. The van der Waals surface area contributed by atoms with E-state index in [0.29, 0.717) is 6.54 Å². The average Bonchev–Trinajstić information content (AvgIpc) is 2.56. The number of nitro benzene ring substituents is 1. The Balaban J connectivity index is 0.00000338. The number of piperidine rings is 1. The van der Waals surface area contributed by atoms with Crippen LogP contribution in [0.2, 0.25) is 0 Å². The second kappa shape index (κ2) is 9.16. The van der Waals surface area contributed by atoms with Gasteiger partial charge in [-0.3, -0.25) is 15.0 Å². The van der Waals surface area contributed by atoms with Crippen LogP contribution in [0.3, 0.4) is 0 Å². The third-order valence-corrected chi connectivity index (χ3v) is 4.59. The van der Waals surface area contributed by atoms with E-state index in [4.69, 9.17) is 10.5 Å². The molecule has 1 aromatic rings. The van der Waals surface area contributed by atoms with E-state index in [1.54, 1.807) is 6.07 Å². The van der Waals surface area contributed by atoms with Gasteiger partial charge in [-0.15, -0.1) is 12.4 Å². The Bertz CT molecular complexity index is 653. The fourth-order valence-corrected chi connectivity index (χ4v) is 3.00. The monoisotopic (exact) mass is 387 g/mol. The van der Waals surface area contributed by atoms with E-state index in [9.17, 15) is 14.9 Å². The zero-order valence-corrected chi connectivity index (χ0v) is 16.1. The molecule has 146 valence electrons. The summed E-state index contributed by atoms with van der Waals surface area (Å²) >= 11 is 0. The number of nitrogens with zero attached hydrogens (tertiary/aromatic N) is 2. The van der Waals surface area contributed by atoms with Gasteiger partial charge in [0.1, 0.15) is 0 Å². The molecule has 0 spiro atoms. The number of likely N-dealkylation sites (tertiary alicyclic amines) is 1. The van der Waals surface area contributed by atoms with E-state index in [1.165, 1.54) is 19.2 Å². The number of methoxy groups -OCH3 is 1. The molecule has 0 amide bonds. The number of carbonyl (C=O) groups is 1. The van der Waals surface area contributed by atoms with Crippen LogP contribution in [-0.4, -0.2) is 48.6 Å². The van der Waals surface area contributed by atoms with Gasteiger partial charge in [0.05, 0.1) is 12.0 Å². The van der Waals surface area contributed by atoms with E-state index >= 15 is 0 Å². The van der Waals surface area contributed by atoms with Crippen LogP contribution in [-0.2, 0) is 16.1 Å². The van der Waals surface area contributed by atoms with Crippen molar-refractivity contribution in [3.63, 3.8) is 0 Å². The van der Waals surface area contributed by atoms with Crippen molar-refractivity contribution in [2.24, 2.45) is 11.1 Å². The van der Waals surface area contributed by atoms with Crippen LogP contribution < -0.4 is 10.5 Å². The average molecular weight is 388 g/mol. The van der Waals surface area contributed by atoms with Crippen LogP contribution in [0.5, 0.6) is 5.75 Å². The number of nitrogens with two attached hydrogens (primary N) is 1. The standard InChI is InChI=1S/C17H25N3O5.ClH/c1-17(2)11-19(7-6-15(17)18)9-12-4-5-14(13(8-12)20(22)23)25-10-16(21)24-3;/h4-5,8,15H,6-7,9-11,18H2,1-3H3;1H. The summed E-state index contributed by atoms with van der Waals surface area (Å²) in [5, 5.41) is 11.3. The Labute approximate surface area is 159 Å². The predicted octanol–water partition coefficient (Wildman–Crippen LogP) is 2.13. The van der Waals surface area contributed by atoms with Crippen LogP contribution in [0, 0.1) is 15.5 Å². The minimum absolute atomic E-state index is 0. The Morgan fingerprint density at radius 1 is 1.46 bits per heavy atom. The summed E-state index contributed by atoms with van der Waals surface area (Å²) in [5.41, 5.74) is 6.82. The van der Waals surface area contributed by atoms with Gasteiger partial charge in [-0.1, -0.05) is 19.9 Å². The van der Waals surface area contributed by atoms with Gasteiger partial charge in [0, 0.05) is 31.7 Å². The summed E-state index contributed by atoms with van der Waals surface area (Å²) in [7, 11) is 1.23. The minimum atomic E-state index is -0.592. The first-order chi connectivity index (χ1) is 11.7. The molecule has 0 aliphatic carbocycles. The summed E-state index contributed by atoms with van der Waals surface area (Å²) in [6, 6.07) is 4.96. The number of hydrogen-bond donors (Lipinski definition) is 1. The van der Waals surface area contributed by atoms with Gasteiger partial charge in [0.15, 0.2) is 12.4 Å². The lowest BCUT2D eigenvalue weighted by Crippen LogP contribution is -2.52. The smallest absolute Gasteiger partial charge is 0.343 e. The van der Waals surface area contributed by atoms with Crippen LogP contribution >= 0.6 is 12.4 Å². The fraction of sp³-hybridized carbons (Fsp3) is 0.588. The number of nitro groups is 1. The van der Waals surface area contributed by atoms with E-state index in [1.807, 2.05) is 0 Å². The molecule has 2 N–H and O–H groups in total. The minimum Gasteiger partial charge on any atom is -0.475 e. The molecule has 0 aromatic heterocycles. The maximum Gasteiger partial charge on any atom is 0.343 e. The first-order valence-corrected chi connectivity index (χ1v) is 8.18. The van der Waals surface area contributed by atoms with Crippen LogP contribution in [0.4, 0.5) is 5.69 Å². The molecule has 1 aliphatic heterocycles. The lowest BCUT2D eigenvalue weighted by molar-refractivity contribution is -0.385. The number of ether oxygens (including phenoxy) is 2. The number of esters is 1. The van der Waals surface area contributed by atoms with Gasteiger partial charge in [-0.05, 0) is 23.5 Å². The number of benzene rings is 1. The SMILES string of the molecule is COC(=O)COc1ccc(CN2CCC(N)C(C)(C)C2)cc1[N+](=O)[O-].Cl. The molecule has 1 fully saturated rings. The largest absolute Gasteiger partial charge is 0.475 e. The summed E-state index contributed by atoms with van der Waals surface area (Å²) < 4.78 is 9.67. The van der Waals surface area contributed by atoms with Crippen LogP contribution in [0.1, 0.15) is 25.8 Å². The molecule has 1 unspecified atom stereocenters. The summed E-state index contributed by atoms with van der Waals surface area (Å²) in [4.78, 5) is 24.2. The molecule has 26 heavy (non-hydrogen) atoms. The Hall–Kier alpha value is -1.90. The maximum atomic E-state index is 11.3. The third-order valence-electron chi connectivity index (χ3n) is 4.59. The zero-order chi connectivity index (χ0) is 18.6. The molecule has 0 radical (unpaired) electrons. The van der Waals surface area contributed by atoms with Gasteiger partial charge in [0.25, 0.3) is 0 Å². The van der Waals surface area contributed by atoms with Crippen LogP contribution in [0.15, 0.2) is 18.2 Å². The van der Waals surface area contributed by atoms with E-state index < -0.39 is 10.9 Å². The highest BCUT2D eigenvalue weighted by atomic mass is 35.5. The second-order valence-electron chi connectivity index (χ2n) is 7.02. The molecule has 1 atom stereocenters. The molecule has 0 bridgehead atoms. The van der Waals surface area contributed by atoms with E-state index in [-0.39, 0.29) is 41.9 Å². The molecule has 1 saturated heterocycles. The van der Waals surface area contributed by atoms with Crippen molar-refractivity contribution in [2.45, 2.75) is 32.9 Å². The highest BCUT2D eigenvalue weighted by Gasteiger charge is 2.33. The molecule has 1 heterocycles. The van der Waals surface area contributed by atoms with Crippen molar-refractivity contribution >= 4 is 24.1 Å². The summed E-state index contributed by atoms with van der Waals surface area (Å²) in [5.74, 6) is -0.537. The van der Waals surface area contributed by atoms with Gasteiger partial charge >= 0.3 is 11.7 Å². The van der Waals surface area contributed by atoms with Crippen molar-refractivity contribution in [1.82, 2.24) is 4.90 Å². The van der Waals surface area contributed by atoms with Gasteiger partial charge in [-0.25, -0.2) is 4.79 Å². The first-order valence-electron chi connectivity index (χ1n) is 8.18. The lowest BCUT2D eigenvalue weighted by Gasteiger charge is -2.42. The van der Waals surface area contributed by atoms with Gasteiger partial charge < -0.3 is 15.2 Å². The number of carbonyl (C=O) groups excluding carboxylic acids is 1. The Morgan fingerprint density at radius 2 is 2.15 bits per heavy atom. The Morgan fingerprint density at radius 3 is 2.73 bits per heavy atom. The molecule has 1 aromatic carbocycles. The molecule has 2 rings (SSSR count). The molecular weight excluding hydrogens is 362 g/mol. The Kier molecular flexibility index (Phi) is 7.80. The zero-order valence-electron chi connectivity index (χ0n) is 15.3. The van der Waals surface area contributed by atoms with E-state index in [2.05, 4.69) is 23.5 Å². The maximum absolute atomic E-state index is 11.3. The highest BCUT2D eigenvalue weighted by molar-refractivity contribution is 5.85. The summed E-state index contributed by atoms with van der Waals surface area (Å²) in [6.45, 7) is 6.21. The quantitative estimate of drug-likeness (QED) is 0.452. The normalized spacial score (nSPS) is 19.3. The van der Waals surface area contributed by atoms with Crippen molar-refractivity contribution < 1.29 is 19.2 Å². The topological polar surface area (TPSA) is 108 Å². The number of halogens is 1. The molecule has 0 saturated carbocycles. The lowest BCUT2D eigenvalue weighted by atomic mass is 9.79. The summed E-state index contributed by atoms with van der Waals surface area (Å²) in [6.07, 6.45) is 0.898. The van der Waals surface area contributed by atoms with Crippen molar-refractivity contribution in [3.05, 3.63) is 33.9 Å². The number of hydrogen-bond acceptors (Lipinski definition) is 7. The molecule has 8 nitrogen and oxygen atoms in total. The van der Waals surface area contributed by atoms with Crippen molar-refractivity contribution in [1.29, 1.82) is 0 Å². The van der Waals surface area contributed by atoms with Crippen molar-refractivity contribution in [2.75, 3.05) is 26.8 Å². The van der Waals surface area contributed by atoms with Gasteiger partial charge in [-0.2, -0.15) is 0 Å². The molecular formula is C17H26ClN3O5. The van der Waals surface area contributed by atoms with E-state index in [0.717, 1.165) is 25.1 Å². The second-order valence-corrected chi connectivity index (χ2v) is 7.02.